The molecule has 2 atom stereocenters. The molecule has 0 amide bonds. The Balaban J connectivity index is 2.06. The molecule has 1 saturated heterocycles. The molecule has 1 heterocycles. The van der Waals surface area contributed by atoms with Crippen LogP contribution < -0.4 is 0 Å². The van der Waals surface area contributed by atoms with Gasteiger partial charge in [0.05, 0.1) is 11.1 Å². The van der Waals surface area contributed by atoms with Crippen molar-refractivity contribution in [3.05, 3.63) is 34.6 Å². The Morgan fingerprint density at radius 2 is 2.39 bits per heavy atom. The third kappa shape index (κ3) is 3.18. The zero-order chi connectivity index (χ0) is 13.1. The number of aliphatic hydroxyl groups excluding tert-OH is 1. The number of hydrogen-bond acceptors (Lipinski definition) is 3. The first-order valence-electron chi connectivity index (χ1n) is 5.98. The lowest BCUT2D eigenvalue weighted by Crippen LogP contribution is -2.47. The molecule has 0 spiro atoms. The fourth-order valence-electron chi connectivity index (χ4n) is 2.18. The van der Waals surface area contributed by atoms with Crippen molar-refractivity contribution in [1.82, 2.24) is 4.90 Å². The van der Waals surface area contributed by atoms with Gasteiger partial charge in [0.25, 0.3) is 0 Å². The van der Waals surface area contributed by atoms with Crippen LogP contribution in [0.5, 0.6) is 0 Å². The minimum atomic E-state index is -0.512. The molecule has 2 nitrogen and oxygen atoms in total. The van der Waals surface area contributed by atoms with Crippen molar-refractivity contribution >= 4 is 23.4 Å². The van der Waals surface area contributed by atoms with Gasteiger partial charge < -0.3 is 5.11 Å². The van der Waals surface area contributed by atoms with E-state index in [4.69, 9.17) is 11.6 Å². The average molecular weight is 290 g/mol. The number of hydrogen-bond donors (Lipinski definition) is 1. The number of nitrogens with zero attached hydrogens (tertiary/aromatic N) is 1. The Bertz CT molecular complexity index is 418. The van der Waals surface area contributed by atoms with Gasteiger partial charge in [0.2, 0.25) is 0 Å². The highest BCUT2D eigenvalue weighted by atomic mass is 35.5. The molecule has 1 fully saturated rings. The molecule has 0 saturated carbocycles. The van der Waals surface area contributed by atoms with Gasteiger partial charge in [-0.3, -0.25) is 4.90 Å². The van der Waals surface area contributed by atoms with Gasteiger partial charge in [-0.2, -0.15) is 11.8 Å². The van der Waals surface area contributed by atoms with Crippen molar-refractivity contribution < 1.29 is 9.50 Å². The molecule has 2 rings (SSSR count). The van der Waals surface area contributed by atoms with Crippen LogP contribution in [0.25, 0.3) is 0 Å². The molecule has 1 aromatic rings. The molecular formula is C13H17ClFNOS. The Morgan fingerprint density at radius 1 is 1.61 bits per heavy atom. The van der Waals surface area contributed by atoms with Gasteiger partial charge in [-0.05, 0) is 18.7 Å². The Morgan fingerprint density at radius 3 is 3.11 bits per heavy atom. The molecule has 2 unspecified atom stereocenters. The van der Waals surface area contributed by atoms with Gasteiger partial charge in [0.1, 0.15) is 5.82 Å². The minimum absolute atomic E-state index is 0.114. The van der Waals surface area contributed by atoms with E-state index in [1.807, 2.05) is 18.8 Å². The highest BCUT2D eigenvalue weighted by Gasteiger charge is 2.27. The van der Waals surface area contributed by atoms with Crippen LogP contribution in [-0.4, -0.2) is 47.3 Å². The summed E-state index contributed by atoms with van der Waals surface area (Å²) in [7, 11) is 2.01. The molecule has 0 bridgehead atoms. The predicted octanol–water partition coefficient (Wildman–Crippen LogP) is 2.43. The van der Waals surface area contributed by atoms with Gasteiger partial charge in [0.15, 0.2) is 0 Å². The lowest BCUT2D eigenvalue weighted by Gasteiger charge is -2.35. The minimum Gasteiger partial charge on any atom is -0.391 e. The quantitative estimate of drug-likeness (QED) is 0.924. The first-order chi connectivity index (χ1) is 8.59. The highest BCUT2D eigenvalue weighted by Crippen LogP contribution is 2.24. The van der Waals surface area contributed by atoms with E-state index in [0.29, 0.717) is 12.0 Å². The Kier molecular flexibility index (Phi) is 4.90. The van der Waals surface area contributed by atoms with Crippen LogP contribution in [0.3, 0.4) is 0 Å². The summed E-state index contributed by atoms with van der Waals surface area (Å²) in [5, 5.41) is 10.4. The Hall–Kier alpha value is -0.290. The fourth-order valence-corrected chi connectivity index (χ4v) is 3.68. The molecule has 18 heavy (non-hydrogen) atoms. The standard InChI is InChI=1S/C13H17ClFNOS/c1-16-5-6-18-8-11(16)12(17)7-9-3-2-4-10(15)13(9)14/h2-4,11-12,17H,5-8H2,1H3. The number of benzene rings is 1. The van der Waals surface area contributed by atoms with Crippen molar-refractivity contribution in [2.45, 2.75) is 18.6 Å². The fraction of sp³-hybridized carbons (Fsp3) is 0.538. The second-order valence-electron chi connectivity index (χ2n) is 4.61. The summed E-state index contributed by atoms with van der Waals surface area (Å²) in [6.45, 7) is 0.975. The first-order valence-corrected chi connectivity index (χ1v) is 7.52. The lowest BCUT2D eigenvalue weighted by atomic mass is 10.0. The molecule has 1 aromatic carbocycles. The van der Waals surface area contributed by atoms with Crippen molar-refractivity contribution in [2.24, 2.45) is 0 Å². The number of likely N-dealkylation sites (N-methyl/N-ethyl adjacent to an activating group) is 1. The van der Waals surface area contributed by atoms with Crippen LogP contribution in [0.15, 0.2) is 18.2 Å². The highest BCUT2D eigenvalue weighted by molar-refractivity contribution is 7.99. The van der Waals surface area contributed by atoms with E-state index in [-0.39, 0.29) is 11.1 Å². The van der Waals surface area contributed by atoms with Crippen molar-refractivity contribution in [2.75, 3.05) is 25.1 Å². The molecular weight excluding hydrogens is 273 g/mol. The zero-order valence-corrected chi connectivity index (χ0v) is 11.8. The average Bonchev–Trinajstić information content (AvgIpc) is 2.35. The largest absolute Gasteiger partial charge is 0.391 e. The summed E-state index contributed by atoms with van der Waals surface area (Å²) in [6, 6.07) is 4.84. The third-order valence-electron chi connectivity index (χ3n) is 3.35. The maximum absolute atomic E-state index is 13.3. The van der Waals surface area contributed by atoms with E-state index in [0.717, 1.165) is 18.1 Å². The van der Waals surface area contributed by atoms with Crippen molar-refractivity contribution in [3.63, 3.8) is 0 Å². The second-order valence-corrected chi connectivity index (χ2v) is 6.14. The monoisotopic (exact) mass is 289 g/mol. The Labute approximate surface area is 116 Å². The molecule has 1 aliphatic heterocycles. The summed E-state index contributed by atoms with van der Waals surface area (Å²) >= 11 is 7.75. The number of thioether (sulfide) groups is 1. The number of aliphatic hydroxyl groups is 1. The molecule has 1 aliphatic rings. The van der Waals surface area contributed by atoms with E-state index >= 15 is 0 Å². The summed E-state index contributed by atoms with van der Waals surface area (Å²) in [6.07, 6.45) is -0.117. The van der Waals surface area contributed by atoms with Gasteiger partial charge in [-0.1, -0.05) is 23.7 Å². The lowest BCUT2D eigenvalue weighted by molar-refractivity contribution is 0.0763. The molecule has 0 radical (unpaired) electrons. The molecule has 0 aromatic heterocycles. The van der Waals surface area contributed by atoms with Crippen LogP contribution in [0.4, 0.5) is 4.39 Å². The predicted molar refractivity (Wildman–Crippen MR) is 74.9 cm³/mol. The van der Waals surface area contributed by atoms with E-state index in [1.54, 1.807) is 12.1 Å². The van der Waals surface area contributed by atoms with Gasteiger partial charge in [0, 0.05) is 30.5 Å². The van der Waals surface area contributed by atoms with Crippen LogP contribution in [0.2, 0.25) is 5.02 Å². The van der Waals surface area contributed by atoms with E-state index in [1.165, 1.54) is 6.07 Å². The van der Waals surface area contributed by atoms with Crippen LogP contribution in [-0.2, 0) is 6.42 Å². The second kappa shape index (κ2) is 6.24. The summed E-state index contributed by atoms with van der Waals surface area (Å²) in [5.74, 6) is 1.58. The maximum atomic E-state index is 13.3. The normalized spacial score (nSPS) is 23.0. The molecule has 0 aliphatic carbocycles. The van der Waals surface area contributed by atoms with Crippen molar-refractivity contribution in [1.29, 1.82) is 0 Å². The topological polar surface area (TPSA) is 23.5 Å². The first kappa shape index (κ1) is 14.1. The SMILES string of the molecule is CN1CCSCC1C(O)Cc1cccc(F)c1Cl. The van der Waals surface area contributed by atoms with Gasteiger partial charge in [-0.15, -0.1) is 0 Å². The molecule has 5 heteroatoms. The zero-order valence-electron chi connectivity index (χ0n) is 10.3. The van der Waals surface area contributed by atoms with Gasteiger partial charge >= 0.3 is 0 Å². The van der Waals surface area contributed by atoms with Crippen molar-refractivity contribution in [3.8, 4) is 0 Å². The summed E-state index contributed by atoms with van der Waals surface area (Å²) in [5.41, 5.74) is 0.674. The summed E-state index contributed by atoms with van der Waals surface area (Å²) < 4.78 is 13.3. The smallest absolute Gasteiger partial charge is 0.142 e. The van der Waals surface area contributed by atoms with E-state index < -0.39 is 11.9 Å². The third-order valence-corrected chi connectivity index (χ3v) is 4.82. The van der Waals surface area contributed by atoms with E-state index in [2.05, 4.69) is 4.90 Å². The van der Waals surface area contributed by atoms with Gasteiger partial charge in [-0.25, -0.2) is 4.39 Å². The maximum Gasteiger partial charge on any atom is 0.142 e. The molecule has 100 valence electrons. The summed E-state index contributed by atoms with van der Waals surface area (Å²) in [4.78, 5) is 2.16. The van der Waals surface area contributed by atoms with E-state index in [9.17, 15) is 9.50 Å². The van der Waals surface area contributed by atoms with Crippen LogP contribution in [0, 0.1) is 5.82 Å². The number of rotatable bonds is 3. The van der Waals surface area contributed by atoms with Crippen LogP contribution >= 0.6 is 23.4 Å². The molecule has 1 N–H and O–H groups in total. The van der Waals surface area contributed by atoms with Crippen LogP contribution in [0.1, 0.15) is 5.56 Å². The number of halogens is 2.